The minimum atomic E-state index is -4.42. The SMILES string of the molecule is COc1ccc(C(C)=O)c(CS(=O)(=O)[O-])c1. The molecule has 0 unspecified atom stereocenters. The topological polar surface area (TPSA) is 83.5 Å². The van der Waals surface area contributed by atoms with Crippen LogP contribution in [0.25, 0.3) is 0 Å². The van der Waals surface area contributed by atoms with Crippen LogP contribution in [0.4, 0.5) is 0 Å². The maximum atomic E-state index is 11.2. The summed E-state index contributed by atoms with van der Waals surface area (Å²) < 4.78 is 36.9. The summed E-state index contributed by atoms with van der Waals surface area (Å²) in [6, 6.07) is 4.37. The number of hydrogen-bond donors (Lipinski definition) is 0. The summed E-state index contributed by atoms with van der Waals surface area (Å²) in [4.78, 5) is 11.2. The molecule has 0 spiro atoms. The minimum Gasteiger partial charge on any atom is -0.748 e. The van der Waals surface area contributed by atoms with Crippen molar-refractivity contribution < 1.29 is 22.5 Å². The average molecular weight is 243 g/mol. The Labute approximate surface area is 93.8 Å². The summed E-state index contributed by atoms with van der Waals surface area (Å²) in [6.07, 6.45) is 0. The molecule has 5 nitrogen and oxygen atoms in total. The van der Waals surface area contributed by atoms with Crippen LogP contribution in [-0.2, 0) is 15.9 Å². The van der Waals surface area contributed by atoms with E-state index in [4.69, 9.17) is 4.74 Å². The lowest BCUT2D eigenvalue weighted by atomic mass is 10.1. The predicted octanol–water partition coefficient (Wildman–Crippen LogP) is 0.943. The van der Waals surface area contributed by atoms with Crippen LogP contribution in [-0.4, -0.2) is 25.9 Å². The Kier molecular flexibility index (Phi) is 3.66. The molecule has 0 aliphatic rings. The van der Waals surface area contributed by atoms with Gasteiger partial charge in [0.05, 0.1) is 23.0 Å². The highest BCUT2D eigenvalue weighted by atomic mass is 32.2. The number of ketones is 1. The van der Waals surface area contributed by atoms with Crippen molar-refractivity contribution in [3.05, 3.63) is 29.3 Å². The van der Waals surface area contributed by atoms with E-state index in [0.29, 0.717) is 5.75 Å². The largest absolute Gasteiger partial charge is 0.748 e. The molecule has 0 saturated heterocycles. The molecule has 0 heterocycles. The first-order chi connectivity index (χ1) is 7.33. The molecule has 0 aliphatic carbocycles. The lowest BCUT2D eigenvalue weighted by Crippen LogP contribution is -2.07. The van der Waals surface area contributed by atoms with Gasteiger partial charge in [-0.3, -0.25) is 4.79 Å². The maximum Gasteiger partial charge on any atom is 0.160 e. The van der Waals surface area contributed by atoms with E-state index in [9.17, 15) is 17.8 Å². The van der Waals surface area contributed by atoms with Crippen LogP contribution in [0, 0.1) is 0 Å². The first kappa shape index (κ1) is 12.7. The van der Waals surface area contributed by atoms with Gasteiger partial charge in [-0.05, 0) is 30.7 Å². The van der Waals surface area contributed by atoms with Gasteiger partial charge in [-0.2, -0.15) is 0 Å². The van der Waals surface area contributed by atoms with Crippen molar-refractivity contribution in [3.63, 3.8) is 0 Å². The van der Waals surface area contributed by atoms with E-state index in [2.05, 4.69) is 0 Å². The van der Waals surface area contributed by atoms with Crippen LogP contribution in [0.5, 0.6) is 5.75 Å². The number of rotatable bonds is 4. The van der Waals surface area contributed by atoms with Crippen molar-refractivity contribution in [2.75, 3.05) is 7.11 Å². The number of methoxy groups -OCH3 is 1. The third kappa shape index (κ3) is 3.32. The third-order valence-electron chi connectivity index (χ3n) is 2.02. The van der Waals surface area contributed by atoms with E-state index in [-0.39, 0.29) is 16.9 Å². The van der Waals surface area contributed by atoms with Crippen LogP contribution in [0.3, 0.4) is 0 Å². The van der Waals surface area contributed by atoms with Crippen molar-refractivity contribution in [3.8, 4) is 5.75 Å². The third-order valence-corrected chi connectivity index (χ3v) is 2.69. The standard InChI is InChI=1S/C10H12O5S/c1-7(11)10-4-3-9(15-2)5-8(10)6-16(12,13)14/h3-5H,6H2,1-2H3,(H,12,13,14)/p-1. The van der Waals surface area contributed by atoms with E-state index in [1.54, 1.807) is 0 Å². The number of hydrogen-bond acceptors (Lipinski definition) is 5. The van der Waals surface area contributed by atoms with Gasteiger partial charge in [0.15, 0.2) is 5.78 Å². The number of carbonyl (C=O) groups excluding carboxylic acids is 1. The fraction of sp³-hybridized carbons (Fsp3) is 0.300. The summed E-state index contributed by atoms with van der Waals surface area (Å²) >= 11 is 0. The van der Waals surface area contributed by atoms with Crippen LogP contribution in [0.1, 0.15) is 22.8 Å². The molecule has 0 radical (unpaired) electrons. The first-order valence-electron chi connectivity index (χ1n) is 4.45. The molecule has 1 rings (SSSR count). The lowest BCUT2D eigenvalue weighted by Gasteiger charge is -2.11. The van der Waals surface area contributed by atoms with Gasteiger partial charge in [0, 0.05) is 5.56 Å². The van der Waals surface area contributed by atoms with E-state index >= 15 is 0 Å². The number of ether oxygens (including phenoxy) is 1. The first-order valence-corrected chi connectivity index (χ1v) is 6.02. The Morgan fingerprint density at radius 1 is 1.44 bits per heavy atom. The summed E-state index contributed by atoms with van der Waals surface area (Å²) in [7, 11) is -3.00. The van der Waals surface area contributed by atoms with Gasteiger partial charge in [-0.25, -0.2) is 8.42 Å². The van der Waals surface area contributed by atoms with Gasteiger partial charge in [0.25, 0.3) is 0 Å². The molecule has 16 heavy (non-hydrogen) atoms. The van der Waals surface area contributed by atoms with Crippen molar-refractivity contribution in [1.29, 1.82) is 0 Å². The number of benzene rings is 1. The monoisotopic (exact) mass is 243 g/mol. The fourth-order valence-corrected chi connectivity index (χ4v) is 1.97. The number of Topliss-reactive ketones (excluding diaryl/α,β-unsaturated/α-hetero) is 1. The van der Waals surface area contributed by atoms with Crippen LogP contribution < -0.4 is 4.74 Å². The fourth-order valence-electron chi connectivity index (χ4n) is 1.35. The Morgan fingerprint density at radius 3 is 2.50 bits per heavy atom. The summed E-state index contributed by atoms with van der Waals surface area (Å²) in [6.45, 7) is 1.31. The highest BCUT2D eigenvalue weighted by molar-refractivity contribution is 7.84. The molecule has 0 fully saturated rings. The summed E-state index contributed by atoms with van der Waals surface area (Å²) in [5.41, 5.74) is 0.391. The Hall–Kier alpha value is -1.40. The highest BCUT2D eigenvalue weighted by Gasteiger charge is 2.11. The van der Waals surface area contributed by atoms with Gasteiger partial charge in [-0.1, -0.05) is 0 Å². The molecule has 1 aromatic rings. The molecule has 0 saturated carbocycles. The molecule has 6 heteroatoms. The second-order valence-corrected chi connectivity index (χ2v) is 4.69. The Balaban J connectivity index is 3.26. The van der Waals surface area contributed by atoms with Gasteiger partial charge in [-0.15, -0.1) is 0 Å². The van der Waals surface area contributed by atoms with Gasteiger partial charge >= 0.3 is 0 Å². The van der Waals surface area contributed by atoms with Gasteiger partial charge < -0.3 is 9.29 Å². The molecule has 88 valence electrons. The zero-order chi connectivity index (χ0) is 12.3. The minimum absolute atomic E-state index is 0.168. The molecule has 0 aromatic heterocycles. The highest BCUT2D eigenvalue weighted by Crippen LogP contribution is 2.20. The molecule has 0 amide bonds. The molecule has 0 aliphatic heterocycles. The van der Waals surface area contributed by atoms with Crippen molar-refractivity contribution >= 4 is 15.9 Å². The smallest absolute Gasteiger partial charge is 0.160 e. The molecular formula is C10H11O5S-. The lowest BCUT2D eigenvalue weighted by molar-refractivity contribution is 0.101. The van der Waals surface area contributed by atoms with Gasteiger partial charge in [0.1, 0.15) is 5.75 Å². The zero-order valence-electron chi connectivity index (χ0n) is 8.89. The Bertz CT molecular complexity index is 504. The second-order valence-electron chi connectivity index (χ2n) is 3.28. The van der Waals surface area contributed by atoms with Crippen molar-refractivity contribution in [2.24, 2.45) is 0 Å². The van der Waals surface area contributed by atoms with Crippen LogP contribution >= 0.6 is 0 Å². The van der Waals surface area contributed by atoms with Crippen molar-refractivity contribution in [2.45, 2.75) is 12.7 Å². The van der Waals surface area contributed by atoms with Gasteiger partial charge in [0.2, 0.25) is 0 Å². The summed E-state index contributed by atoms with van der Waals surface area (Å²) in [5.74, 6) is -0.594. The van der Waals surface area contributed by atoms with Crippen molar-refractivity contribution in [1.82, 2.24) is 0 Å². The predicted molar refractivity (Wildman–Crippen MR) is 56.4 cm³/mol. The molecule has 0 atom stereocenters. The van der Waals surface area contributed by atoms with E-state index in [0.717, 1.165) is 0 Å². The van der Waals surface area contributed by atoms with E-state index in [1.165, 1.54) is 32.2 Å². The zero-order valence-corrected chi connectivity index (χ0v) is 9.71. The normalized spacial score (nSPS) is 11.2. The van der Waals surface area contributed by atoms with E-state index < -0.39 is 15.9 Å². The molecule has 0 N–H and O–H groups in total. The molecule has 0 bridgehead atoms. The quantitative estimate of drug-likeness (QED) is 0.580. The maximum absolute atomic E-state index is 11.2. The van der Waals surface area contributed by atoms with E-state index in [1.807, 2.05) is 0 Å². The van der Waals surface area contributed by atoms with Crippen LogP contribution in [0.2, 0.25) is 0 Å². The summed E-state index contributed by atoms with van der Waals surface area (Å²) in [5, 5.41) is 0. The van der Waals surface area contributed by atoms with Crippen LogP contribution in [0.15, 0.2) is 18.2 Å². The Morgan fingerprint density at radius 2 is 2.06 bits per heavy atom. The molecular weight excluding hydrogens is 232 g/mol. The average Bonchev–Trinajstić information content (AvgIpc) is 2.14. The molecule has 1 aromatic carbocycles. The second kappa shape index (κ2) is 4.63. The number of carbonyl (C=O) groups is 1.